The predicted molar refractivity (Wildman–Crippen MR) is 272 cm³/mol. The van der Waals surface area contributed by atoms with Gasteiger partial charge in [0.2, 0.25) is 0 Å². The molecule has 14 aliphatic rings. The van der Waals surface area contributed by atoms with E-state index in [9.17, 15) is 15.3 Å². The summed E-state index contributed by atoms with van der Waals surface area (Å²) in [6.07, 6.45) is 17.0. The van der Waals surface area contributed by atoms with Gasteiger partial charge in [-0.25, -0.2) is 0 Å². The Kier molecular flexibility index (Phi) is 9.09. The number of benzene rings is 2. The van der Waals surface area contributed by atoms with Gasteiger partial charge in [0.15, 0.2) is 23.0 Å². The molecule has 0 amide bonds. The average molecular weight is 959 g/mol. The number of rotatable bonds is 12. The number of hydrogen-bond donors (Lipinski definition) is 3. The summed E-state index contributed by atoms with van der Waals surface area (Å²) in [7, 11) is 3.82. The van der Waals surface area contributed by atoms with E-state index in [1.165, 1.54) is 60.9 Å². The summed E-state index contributed by atoms with van der Waals surface area (Å²) in [5.41, 5.74) is 2.27. The quantitative estimate of drug-likeness (QED) is 0.192. The summed E-state index contributed by atoms with van der Waals surface area (Å²) in [6.45, 7) is 25.2. The molecule has 14 atom stereocenters. The Bertz CT molecular complexity index is 2590. The molecule has 2 saturated heterocycles. The van der Waals surface area contributed by atoms with Crippen molar-refractivity contribution in [3.05, 3.63) is 34.4 Å². The Labute approximate surface area is 419 Å². The lowest BCUT2D eigenvalue weighted by Crippen LogP contribution is -2.86. The van der Waals surface area contributed by atoms with Gasteiger partial charge in [-0.1, -0.05) is 54.9 Å². The number of ether oxygens (including phenoxy) is 4. The van der Waals surface area contributed by atoms with Gasteiger partial charge in [-0.2, -0.15) is 0 Å². The van der Waals surface area contributed by atoms with Gasteiger partial charge < -0.3 is 34.3 Å². The molecule has 2 aromatic carbocycles. The first-order valence-electron chi connectivity index (χ1n) is 28.6. The molecule has 0 radical (unpaired) electrons. The highest BCUT2D eigenvalue weighted by Gasteiger charge is 2.87. The van der Waals surface area contributed by atoms with E-state index in [1.54, 1.807) is 0 Å². The Morgan fingerprint density at radius 2 is 1.36 bits per heavy atom. The van der Waals surface area contributed by atoms with E-state index in [-0.39, 0.29) is 56.6 Å². The zero-order valence-electron chi connectivity index (χ0n) is 44.8. The highest BCUT2D eigenvalue weighted by molar-refractivity contribution is 5.86. The Morgan fingerprint density at radius 1 is 0.757 bits per heavy atom. The molecule has 4 aliphatic heterocycles. The third kappa shape index (κ3) is 4.90. The summed E-state index contributed by atoms with van der Waals surface area (Å²) < 4.78 is 29.5. The van der Waals surface area contributed by atoms with Crippen LogP contribution in [0.2, 0.25) is 0 Å². The normalized spacial score (nSPS) is 43.9. The fourth-order valence-electron chi connectivity index (χ4n) is 21.3. The Morgan fingerprint density at radius 3 is 1.96 bits per heavy atom. The van der Waals surface area contributed by atoms with E-state index in [1.807, 2.05) is 14.2 Å². The molecule has 4 heterocycles. The van der Waals surface area contributed by atoms with Crippen LogP contribution in [0, 0.1) is 51.2 Å². The lowest BCUT2D eigenvalue weighted by molar-refractivity contribution is -0.327. The predicted octanol–water partition coefficient (Wildman–Crippen LogP) is 10.9. The van der Waals surface area contributed by atoms with Crippen molar-refractivity contribution < 1.29 is 34.3 Å². The van der Waals surface area contributed by atoms with Crippen LogP contribution < -0.4 is 9.47 Å². The molecule has 9 nitrogen and oxygen atoms in total. The maximum atomic E-state index is 13.3. The molecule has 382 valence electrons. The van der Waals surface area contributed by atoms with Crippen LogP contribution in [0.1, 0.15) is 174 Å². The molecule has 8 bridgehead atoms. The molecule has 10 aliphatic carbocycles. The molecule has 9 heteroatoms. The van der Waals surface area contributed by atoms with Gasteiger partial charge in [0.05, 0.1) is 11.0 Å². The van der Waals surface area contributed by atoms with Crippen LogP contribution in [0.3, 0.4) is 0 Å². The zero-order valence-corrected chi connectivity index (χ0v) is 44.8. The van der Waals surface area contributed by atoms with Gasteiger partial charge in [0, 0.05) is 83.8 Å². The molecular formula is C61H86N2O7. The minimum Gasteiger partial charge on any atom is -0.504 e. The van der Waals surface area contributed by atoms with Crippen molar-refractivity contribution in [2.24, 2.45) is 51.2 Å². The standard InChI is InChI=1S/C61H86N2O7/c1-12-17-53(6,7)34(2)41-30-57-19-21-61(41,68-11)55(9)60(57)23-25-63(33-36-15-16-36)44(57)29-38-27-40(48(65)50(70-55)46(38)60)39-26-37-28-43-56-18-20-59(67-10,42(31-56)54(8,66)52(3,4)5)51-58(56,45(37)49(69-51)47(39)64)22-24-62(43)32-35-13-14-35/h26-27,34-36,41-44,51,64-66H,12-25,28-33H2,1-11H3/t34-,41-,42-,43-,44-,51-,54+,55+,56-,57-,58+,59-,60+,61-/m1/s1. The number of methoxy groups -OCH3 is 2. The Hall–Kier alpha value is -2.56. The van der Waals surface area contributed by atoms with Crippen LogP contribution in [0.4, 0.5) is 0 Å². The van der Waals surface area contributed by atoms with E-state index >= 15 is 0 Å². The van der Waals surface area contributed by atoms with E-state index in [2.05, 4.69) is 84.2 Å². The van der Waals surface area contributed by atoms with Gasteiger partial charge in [-0.05, 0) is 181 Å². The van der Waals surface area contributed by atoms with Gasteiger partial charge in [0.25, 0.3) is 0 Å². The lowest BCUT2D eigenvalue weighted by Gasteiger charge is -2.78. The van der Waals surface area contributed by atoms with Crippen molar-refractivity contribution in [1.82, 2.24) is 9.80 Å². The second kappa shape index (κ2) is 13.8. The second-order valence-corrected chi connectivity index (χ2v) is 28.7. The maximum absolute atomic E-state index is 13.3. The molecule has 70 heavy (non-hydrogen) atoms. The Balaban J connectivity index is 0.957. The van der Waals surface area contributed by atoms with Gasteiger partial charge >= 0.3 is 0 Å². The third-order valence-electron chi connectivity index (χ3n) is 25.5. The fraction of sp³-hybridized carbons (Fsp3) is 0.803. The molecule has 0 aromatic heterocycles. The van der Waals surface area contributed by atoms with Crippen molar-refractivity contribution in [3.8, 4) is 34.1 Å². The number of piperidine rings is 2. The van der Waals surface area contributed by atoms with Crippen LogP contribution in [-0.2, 0) is 33.1 Å². The number of nitrogens with zero attached hydrogens (tertiary/aromatic N) is 2. The highest BCUT2D eigenvalue weighted by atomic mass is 16.6. The van der Waals surface area contributed by atoms with Crippen molar-refractivity contribution in [3.63, 3.8) is 0 Å². The van der Waals surface area contributed by atoms with Gasteiger partial charge in [-0.3, -0.25) is 9.80 Å². The molecule has 0 unspecified atom stereocenters. The zero-order chi connectivity index (χ0) is 48.9. The smallest absolute Gasteiger partial charge is 0.166 e. The van der Waals surface area contributed by atoms with E-state index in [0.29, 0.717) is 40.5 Å². The first-order chi connectivity index (χ1) is 33.1. The SMILES string of the molecule is CCCC(C)(C)[C@H](C)[C@H]1C[C@@]23CC[C@]1(OC)[C@@]1(C)Oc4c(O)c(-c5cc6c7c(c5O)O[C@H]5[C@@]8(OC)CC[C@@]9(C[C@@H]8[C@](C)(O)C(C)(C)C)[C@@H](C6)N(CC6CC6)CC[C@]759)cc5c4[C@]21CCN(CC1CC1)[C@@H]3C5. The lowest BCUT2D eigenvalue weighted by atomic mass is 9.30. The largest absolute Gasteiger partial charge is 0.504 e. The number of aromatic hydroxyl groups is 2. The fourth-order valence-corrected chi connectivity index (χ4v) is 21.3. The van der Waals surface area contributed by atoms with E-state index in [0.717, 1.165) is 102 Å². The molecule has 16 rings (SSSR count). The summed E-state index contributed by atoms with van der Waals surface area (Å²) >= 11 is 0. The molecule has 3 N–H and O–H groups in total. The van der Waals surface area contributed by atoms with Crippen molar-refractivity contribution in [1.29, 1.82) is 0 Å². The minimum absolute atomic E-state index is 0.00183. The van der Waals surface area contributed by atoms with Crippen LogP contribution >= 0.6 is 0 Å². The number of hydrogen-bond acceptors (Lipinski definition) is 9. The topological polar surface area (TPSA) is 104 Å². The van der Waals surface area contributed by atoms with Crippen LogP contribution in [-0.4, -0.2) is 106 Å². The highest BCUT2D eigenvalue weighted by Crippen LogP contribution is 2.83. The van der Waals surface area contributed by atoms with E-state index < -0.39 is 27.8 Å². The summed E-state index contributed by atoms with van der Waals surface area (Å²) in [6, 6.07) is 5.23. The van der Waals surface area contributed by atoms with Crippen LogP contribution in [0.15, 0.2) is 12.1 Å². The molecule has 4 spiro atoms. The number of phenolic OH excluding ortho intramolecular Hbond substituents is 2. The van der Waals surface area contributed by atoms with E-state index in [4.69, 9.17) is 18.9 Å². The first-order valence-corrected chi connectivity index (χ1v) is 28.6. The summed E-state index contributed by atoms with van der Waals surface area (Å²) in [5, 5.41) is 39.4. The summed E-state index contributed by atoms with van der Waals surface area (Å²) in [5.74, 6) is 3.65. The second-order valence-electron chi connectivity index (χ2n) is 28.7. The number of fused-ring (bicyclic) bond motifs is 4. The molecular weight excluding hydrogens is 873 g/mol. The number of aliphatic hydroxyl groups is 1. The molecule has 8 saturated carbocycles. The van der Waals surface area contributed by atoms with Gasteiger partial charge in [0.1, 0.15) is 22.9 Å². The maximum Gasteiger partial charge on any atom is 0.166 e. The summed E-state index contributed by atoms with van der Waals surface area (Å²) in [4.78, 5) is 5.78. The third-order valence-corrected chi connectivity index (χ3v) is 25.5. The number of likely N-dealkylation sites (tertiary alicyclic amines) is 2. The van der Waals surface area contributed by atoms with Crippen molar-refractivity contribution >= 4 is 0 Å². The average Bonchev–Trinajstić information content (AvgIpc) is 4.26. The van der Waals surface area contributed by atoms with Gasteiger partial charge in [-0.15, -0.1) is 0 Å². The van der Waals surface area contributed by atoms with Crippen molar-refractivity contribution in [2.75, 3.05) is 40.4 Å². The van der Waals surface area contributed by atoms with Crippen LogP contribution in [0.25, 0.3) is 11.1 Å². The number of phenols is 2. The monoisotopic (exact) mass is 959 g/mol. The molecule has 10 fully saturated rings. The first kappa shape index (κ1) is 46.0. The van der Waals surface area contributed by atoms with Crippen LogP contribution in [0.5, 0.6) is 23.0 Å². The van der Waals surface area contributed by atoms with Crippen molar-refractivity contribution in [2.45, 2.75) is 216 Å². The molecule has 2 aromatic rings. The minimum atomic E-state index is -1.03.